The van der Waals surface area contributed by atoms with Gasteiger partial charge in [0.1, 0.15) is 6.10 Å². The molecule has 1 N–H and O–H groups in total. The van der Waals surface area contributed by atoms with E-state index in [0.717, 1.165) is 17.5 Å². The number of ether oxygens (including phenoxy) is 2. The molecule has 1 aliphatic heterocycles. The summed E-state index contributed by atoms with van der Waals surface area (Å²) in [4.78, 5) is 36.1. The van der Waals surface area contributed by atoms with Crippen LogP contribution in [-0.2, 0) is 20.7 Å². The first-order chi connectivity index (χ1) is 13.1. The zero-order chi connectivity index (χ0) is 19.2. The van der Waals surface area contributed by atoms with E-state index in [-0.39, 0.29) is 12.5 Å². The van der Waals surface area contributed by atoms with Crippen LogP contribution >= 0.6 is 0 Å². The quantitative estimate of drug-likeness (QED) is 0.794. The van der Waals surface area contributed by atoms with Crippen molar-refractivity contribution in [3.8, 4) is 0 Å². The van der Waals surface area contributed by atoms with Gasteiger partial charge in [0.2, 0.25) is 0 Å². The summed E-state index contributed by atoms with van der Waals surface area (Å²) in [6.45, 7) is 2.15. The summed E-state index contributed by atoms with van der Waals surface area (Å²) in [5.41, 5.74) is 2.38. The lowest BCUT2D eigenvalue weighted by Crippen LogP contribution is -2.29. The monoisotopic (exact) mass is 367 g/mol. The number of rotatable bonds is 6. The molecule has 1 heterocycles. The normalized spacial score (nSPS) is 15.4. The minimum Gasteiger partial charge on any atom is -0.454 e. The third-order valence-corrected chi connectivity index (χ3v) is 4.29. The maximum Gasteiger partial charge on any atom is 0.339 e. The second-order valence-corrected chi connectivity index (χ2v) is 6.31. The third kappa shape index (κ3) is 4.53. The minimum atomic E-state index is -0.598. The zero-order valence-electron chi connectivity index (χ0n) is 15.1. The van der Waals surface area contributed by atoms with Crippen LogP contribution in [0.2, 0.25) is 0 Å². The standard InChI is InChI=1S/C21H21NO5/c1-2-10-22-19(23)13-26-20(24)15-8-9-17-16(11-15)12-18(27-21(17)25)14-6-4-3-5-7-14/h3-9,11,18H,2,10,12-13H2,1H3,(H,22,23). The van der Waals surface area contributed by atoms with Gasteiger partial charge in [-0.15, -0.1) is 0 Å². The van der Waals surface area contributed by atoms with E-state index in [1.165, 1.54) is 6.07 Å². The van der Waals surface area contributed by atoms with Crippen molar-refractivity contribution in [2.75, 3.05) is 13.2 Å². The van der Waals surface area contributed by atoms with Crippen molar-refractivity contribution in [3.05, 3.63) is 70.8 Å². The Morgan fingerprint density at radius 3 is 2.70 bits per heavy atom. The van der Waals surface area contributed by atoms with E-state index in [4.69, 9.17) is 9.47 Å². The Kier molecular flexibility index (Phi) is 5.86. The van der Waals surface area contributed by atoms with Crippen molar-refractivity contribution < 1.29 is 23.9 Å². The molecule has 1 unspecified atom stereocenters. The molecule has 2 aromatic carbocycles. The van der Waals surface area contributed by atoms with E-state index in [1.54, 1.807) is 12.1 Å². The minimum absolute atomic E-state index is 0.304. The van der Waals surface area contributed by atoms with Crippen LogP contribution in [0, 0.1) is 0 Å². The van der Waals surface area contributed by atoms with Gasteiger partial charge in [-0.2, -0.15) is 0 Å². The van der Waals surface area contributed by atoms with Crippen molar-refractivity contribution >= 4 is 17.8 Å². The van der Waals surface area contributed by atoms with E-state index in [1.807, 2.05) is 37.3 Å². The van der Waals surface area contributed by atoms with Gasteiger partial charge in [-0.1, -0.05) is 37.3 Å². The molecule has 3 rings (SSSR count). The first-order valence-electron chi connectivity index (χ1n) is 8.91. The molecule has 1 amide bonds. The van der Waals surface area contributed by atoms with Gasteiger partial charge in [-0.3, -0.25) is 4.79 Å². The number of amides is 1. The molecule has 6 nitrogen and oxygen atoms in total. The van der Waals surface area contributed by atoms with Gasteiger partial charge in [0.25, 0.3) is 5.91 Å². The zero-order valence-corrected chi connectivity index (χ0v) is 15.1. The fraction of sp³-hybridized carbons (Fsp3) is 0.286. The number of carbonyl (C=O) groups excluding carboxylic acids is 3. The van der Waals surface area contributed by atoms with Crippen LogP contribution in [0.4, 0.5) is 0 Å². The summed E-state index contributed by atoms with van der Waals surface area (Å²) >= 11 is 0. The number of hydrogen-bond donors (Lipinski definition) is 1. The summed E-state index contributed by atoms with van der Waals surface area (Å²) in [5, 5.41) is 2.64. The van der Waals surface area contributed by atoms with Gasteiger partial charge in [-0.25, -0.2) is 9.59 Å². The molecule has 1 atom stereocenters. The Balaban J connectivity index is 1.71. The molecule has 27 heavy (non-hydrogen) atoms. The van der Waals surface area contributed by atoms with Crippen LogP contribution in [0.25, 0.3) is 0 Å². The maximum atomic E-state index is 12.3. The summed E-state index contributed by atoms with van der Waals surface area (Å²) in [5.74, 6) is -1.35. The number of benzene rings is 2. The predicted octanol–water partition coefficient (Wildman–Crippen LogP) is 2.82. The van der Waals surface area contributed by atoms with Crippen molar-refractivity contribution in [1.29, 1.82) is 0 Å². The molecule has 0 bridgehead atoms. The van der Waals surface area contributed by atoms with Crippen molar-refractivity contribution in [2.24, 2.45) is 0 Å². The van der Waals surface area contributed by atoms with Crippen LogP contribution in [0.15, 0.2) is 48.5 Å². The maximum absolute atomic E-state index is 12.3. The van der Waals surface area contributed by atoms with Crippen LogP contribution in [0.3, 0.4) is 0 Å². The van der Waals surface area contributed by atoms with Gasteiger partial charge in [0.15, 0.2) is 6.61 Å². The molecule has 1 aliphatic rings. The largest absolute Gasteiger partial charge is 0.454 e. The Morgan fingerprint density at radius 2 is 1.96 bits per heavy atom. The van der Waals surface area contributed by atoms with Crippen molar-refractivity contribution in [1.82, 2.24) is 5.32 Å². The summed E-state index contributed by atoms with van der Waals surface area (Å²) in [6.07, 6.45) is 0.893. The third-order valence-electron chi connectivity index (χ3n) is 4.29. The molecule has 6 heteroatoms. The lowest BCUT2D eigenvalue weighted by molar-refractivity contribution is -0.124. The molecule has 0 radical (unpaired) electrons. The lowest BCUT2D eigenvalue weighted by atomic mass is 9.93. The van der Waals surface area contributed by atoms with Gasteiger partial charge >= 0.3 is 11.9 Å². The molecular formula is C21H21NO5. The molecule has 0 spiro atoms. The second kappa shape index (κ2) is 8.49. The molecule has 0 saturated heterocycles. The van der Waals surface area contributed by atoms with Crippen molar-refractivity contribution in [3.63, 3.8) is 0 Å². The molecule has 2 aromatic rings. The SMILES string of the molecule is CCCNC(=O)COC(=O)c1ccc2c(c1)CC(c1ccccc1)OC2=O. The van der Waals surface area contributed by atoms with Gasteiger partial charge in [0, 0.05) is 13.0 Å². The number of fused-ring (bicyclic) bond motifs is 1. The number of nitrogens with one attached hydrogen (secondary N) is 1. The number of esters is 2. The lowest BCUT2D eigenvalue weighted by Gasteiger charge is -2.25. The average Bonchev–Trinajstić information content (AvgIpc) is 2.70. The molecule has 140 valence electrons. The fourth-order valence-electron chi connectivity index (χ4n) is 2.91. The molecule has 0 aliphatic carbocycles. The van der Waals surface area contributed by atoms with Crippen LogP contribution in [-0.4, -0.2) is 31.0 Å². The Morgan fingerprint density at radius 1 is 1.19 bits per heavy atom. The van der Waals surface area contributed by atoms with E-state index < -0.39 is 18.0 Å². The first-order valence-corrected chi connectivity index (χ1v) is 8.91. The Hall–Kier alpha value is -3.15. The second-order valence-electron chi connectivity index (χ2n) is 6.31. The molecule has 0 aromatic heterocycles. The first kappa shape index (κ1) is 18.6. The number of hydrogen-bond acceptors (Lipinski definition) is 5. The van der Waals surface area contributed by atoms with E-state index in [9.17, 15) is 14.4 Å². The highest BCUT2D eigenvalue weighted by molar-refractivity contribution is 5.96. The van der Waals surface area contributed by atoms with Gasteiger partial charge < -0.3 is 14.8 Å². The smallest absolute Gasteiger partial charge is 0.339 e. The summed E-state index contributed by atoms with van der Waals surface area (Å²) in [6, 6.07) is 14.2. The summed E-state index contributed by atoms with van der Waals surface area (Å²) in [7, 11) is 0. The van der Waals surface area contributed by atoms with Crippen molar-refractivity contribution in [2.45, 2.75) is 25.9 Å². The Bertz CT molecular complexity index is 847. The number of cyclic esters (lactones) is 1. The molecule has 0 fully saturated rings. The fourth-order valence-corrected chi connectivity index (χ4v) is 2.91. The predicted molar refractivity (Wildman–Crippen MR) is 98.3 cm³/mol. The molecule has 0 saturated carbocycles. The van der Waals surface area contributed by atoms with Crippen LogP contribution < -0.4 is 5.32 Å². The van der Waals surface area contributed by atoms with Gasteiger partial charge in [-0.05, 0) is 35.7 Å². The highest BCUT2D eigenvalue weighted by Gasteiger charge is 2.28. The highest BCUT2D eigenvalue weighted by atomic mass is 16.5. The molecular weight excluding hydrogens is 346 g/mol. The van der Waals surface area contributed by atoms with Crippen LogP contribution in [0.1, 0.15) is 51.3 Å². The van der Waals surface area contributed by atoms with Crippen LogP contribution in [0.5, 0.6) is 0 Å². The van der Waals surface area contributed by atoms with Gasteiger partial charge in [0.05, 0.1) is 11.1 Å². The highest BCUT2D eigenvalue weighted by Crippen LogP contribution is 2.31. The van der Waals surface area contributed by atoms with E-state index in [2.05, 4.69) is 5.32 Å². The topological polar surface area (TPSA) is 81.7 Å². The summed E-state index contributed by atoms with van der Waals surface area (Å²) < 4.78 is 10.6. The Labute approximate surface area is 157 Å². The van der Waals surface area contributed by atoms with E-state index >= 15 is 0 Å². The number of carbonyl (C=O) groups is 3. The average molecular weight is 367 g/mol. The van der Waals surface area contributed by atoms with E-state index in [0.29, 0.717) is 24.1 Å².